The predicted molar refractivity (Wildman–Crippen MR) is 94.2 cm³/mol. The molecule has 1 aromatic heterocycles. The van der Waals surface area contributed by atoms with Crippen LogP contribution in [0.4, 0.5) is 10.2 Å². The van der Waals surface area contributed by atoms with Crippen LogP contribution in [0.3, 0.4) is 0 Å². The van der Waals surface area contributed by atoms with Gasteiger partial charge in [0.15, 0.2) is 5.56 Å². The van der Waals surface area contributed by atoms with Crippen LogP contribution in [0.25, 0.3) is 0 Å². The molecule has 0 aliphatic rings. The van der Waals surface area contributed by atoms with Gasteiger partial charge in [-0.2, -0.15) is 5.26 Å². The first-order valence-corrected chi connectivity index (χ1v) is 7.88. The molecule has 7 heteroatoms. The normalized spacial score (nSPS) is 10.3. The van der Waals surface area contributed by atoms with E-state index in [1.165, 1.54) is 16.8 Å². The van der Waals surface area contributed by atoms with Crippen molar-refractivity contribution in [2.45, 2.75) is 13.2 Å². The standard InChI is InChI=1S/C19H17FN4O2/c1-25-17-8-3-2-6-14(17)12-26-19-16(10-21)18(22)24(23-19)11-13-5-4-7-15(20)9-13/h2-9H,11-12,22H2,1H3. The largest absolute Gasteiger partial charge is 0.496 e. The highest BCUT2D eigenvalue weighted by Crippen LogP contribution is 2.26. The fraction of sp³-hybridized carbons (Fsp3) is 0.158. The first kappa shape index (κ1) is 17.3. The first-order chi connectivity index (χ1) is 12.6. The van der Waals surface area contributed by atoms with Crippen LogP contribution in [0.15, 0.2) is 48.5 Å². The molecule has 0 spiro atoms. The van der Waals surface area contributed by atoms with Crippen molar-refractivity contribution >= 4 is 5.82 Å². The molecule has 0 aliphatic heterocycles. The summed E-state index contributed by atoms with van der Waals surface area (Å²) in [4.78, 5) is 0. The third-order valence-electron chi connectivity index (χ3n) is 3.85. The lowest BCUT2D eigenvalue weighted by atomic mass is 10.2. The molecular weight excluding hydrogens is 335 g/mol. The first-order valence-electron chi connectivity index (χ1n) is 7.88. The number of anilines is 1. The highest BCUT2D eigenvalue weighted by molar-refractivity contribution is 5.55. The van der Waals surface area contributed by atoms with Gasteiger partial charge in [0, 0.05) is 5.56 Å². The molecule has 2 aromatic carbocycles. The van der Waals surface area contributed by atoms with Gasteiger partial charge in [0.1, 0.15) is 30.1 Å². The highest BCUT2D eigenvalue weighted by atomic mass is 19.1. The average Bonchev–Trinajstić information content (AvgIpc) is 2.95. The maximum Gasteiger partial charge on any atom is 0.253 e. The molecule has 3 rings (SSSR count). The second kappa shape index (κ2) is 7.57. The number of nitrogens with zero attached hydrogens (tertiary/aromatic N) is 3. The third-order valence-corrected chi connectivity index (χ3v) is 3.85. The Balaban J connectivity index is 1.83. The molecule has 0 saturated carbocycles. The Kier molecular flexibility index (Phi) is 5.04. The Bertz CT molecular complexity index is 962. The lowest BCUT2D eigenvalue weighted by Crippen LogP contribution is -2.06. The van der Waals surface area contributed by atoms with Gasteiger partial charge in [-0.05, 0) is 23.8 Å². The molecule has 0 amide bonds. The summed E-state index contributed by atoms with van der Waals surface area (Å²) in [5.41, 5.74) is 7.65. The van der Waals surface area contributed by atoms with Crippen molar-refractivity contribution in [1.82, 2.24) is 9.78 Å². The van der Waals surface area contributed by atoms with E-state index in [9.17, 15) is 9.65 Å². The maximum atomic E-state index is 13.4. The summed E-state index contributed by atoms with van der Waals surface area (Å²) >= 11 is 0. The van der Waals surface area contributed by atoms with Crippen LogP contribution < -0.4 is 15.2 Å². The van der Waals surface area contributed by atoms with Crippen molar-refractivity contribution in [1.29, 1.82) is 5.26 Å². The molecule has 0 atom stereocenters. The van der Waals surface area contributed by atoms with Gasteiger partial charge in [0.2, 0.25) is 0 Å². The van der Waals surface area contributed by atoms with Crippen LogP contribution in [-0.2, 0) is 13.2 Å². The summed E-state index contributed by atoms with van der Waals surface area (Å²) in [6, 6.07) is 15.5. The summed E-state index contributed by atoms with van der Waals surface area (Å²) in [7, 11) is 1.57. The SMILES string of the molecule is COc1ccccc1COc1nn(Cc2cccc(F)c2)c(N)c1C#N. The van der Waals surface area contributed by atoms with Crippen molar-refractivity contribution in [2.24, 2.45) is 0 Å². The number of halogens is 1. The van der Waals surface area contributed by atoms with E-state index in [0.717, 1.165) is 5.56 Å². The summed E-state index contributed by atoms with van der Waals surface area (Å²) in [6.45, 7) is 0.408. The van der Waals surface area contributed by atoms with Crippen LogP contribution in [-0.4, -0.2) is 16.9 Å². The van der Waals surface area contributed by atoms with E-state index in [1.807, 2.05) is 30.3 Å². The Morgan fingerprint density at radius 2 is 2.04 bits per heavy atom. The van der Waals surface area contributed by atoms with Gasteiger partial charge in [-0.25, -0.2) is 9.07 Å². The van der Waals surface area contributed by atoms with E-state index < -0.39 is 0 Å². The fourth-order valence-electron chi connectivity index (χ4n) is 2.56. The smallest absolute Gasteiger partial charge is 0.253 e. The summed E-state index contributed by atoms with van der Waals surface area (Å²) in [6.07, 6.45) is 0. The molecule has 26 heavy (non-hydrogen) atoms. The highest BCUT2D eigenvalue weighted by Gasteiger charge is 2.18. The molecule has 2 N–H and O–H groups in total. The van der Waals surface area contributed by atoms with E-state index in [2.05, 4.69) is 5.10 Å². The zero-order chi connectivity index (χ0) is 18.5. The number of benzene rings is 2. The van der Waals surface area contributed by atoms with Gasteiger partial charge in [-0.15, -0.1) is 5.10 Å². The Morgan fingerprint density at radius 1 is 1.23 bits per heavy atom. The Morgan fingerprint density at radius 3 is 2.77 bits per heavy atom. The number of rotatable bonds is 6. The minimum absolute atomic E-state index is 0.132. The summed E-state index contributed by atoms with van der Waals surface area (Å²) in [5.74, 6) is 0.638. The molecule has 0 radical (unpaired) electrons. The fourth-order valence-corrected chi connectivity index (χ4v) is 2.56. The molecule has 0 fully saturated rings. The van der Waals surface area contributed by atoms with Crippen LogP contribution in [0.5, 0.6) is 11.6 Å². The van der Waals surface area contributed by atoms with Gasteiger partial charge in [-0.1, -0.05) is 30.3 Å². The third kappa shape index (κ3) is 3.59. The number of methoxy groups -OCH3 is 1. The molecular formula is C19H17FN4O2. The maximum absolute atomic E-state index is 13.4. The van der Waals surface area contributed by atoms with E-state index in [1.54, 1.807) is 19.2 Å². The minimum Gasteiger partial charge on any atom is -0.496 e. The zero-order valence-electron chi connectivity index (χ0n) is 14.1. The van der Waals surface area contributed by atoms with E-state index in [0.29, 0.717) is 11.3 Å². The minimum atomic E-state index is -0.346. The molecule has 0 saturated heterocycles. The van der Waals surface area contributed by atoms with E-state index in [-0.39, 0.29) is 36.2 Å². The van der Waals surface area contributed by atoms with Crippen LogP contribution in [0.1, 0.15) is 16.7 Å². The molecule has 0 aliphatic carbocycles. The molecule has 1 heterocycles. The number of nitriles is 1. The van der Waals surface area contributed by atoms with Crippen molar-refractivity contribution in [3.63, 3.8) is 0 Å². The van der Waals surface area contributed by atoms with Crippen LogP contribution in [0.2, 0.25) is 0 Å². The second-order valence-electron chi connectivity index (χ2n) is 5.57. The summed E-state index contributed by atoms with van der Waals surface area (Å²) in [5, 5.41) is 13.6. The lowest BCUT2D eigenvalue weighted by Gasteiger charge is -2.08. The predicted octanol–water partition coefficient (Wildman–Crippen LogP) is 3.11. The number of nitrogen functional groups attached to an aromatic ring is 1. The van der Waals surface area contributed by atoms with E-state index >= 15 is 0 Å². The van der Waals surface area contributed by atoms with Gasteiger partial charge >= 0.3 is 0 Å². The molecule has 3 aromatic rings. The number of aromatic nitrogens is 2. The number of nitrogens with two attached hydrogens (primary N) is 1. The molecule has 0 bridgehead atoms. The number of para-hydroxylation sites is 1. The molecule has 132 valence electrons. The van der Waals surface area contributed by atoms with Gasteiger partial charge in [0.25, 0.3) is 5.88 Å². The quantitative estimate of drug-likeness (QED) is 0.737. The average molecular weight is 352 g/mol. The van der Waals surface area contributed by atoms with Crippen LogP contribution >= 0.6 is 0 Å². The number of hydrogen-bond donors (Lipinski definition) is 1. The Labute approximate surface area is 150 Å². The number of hydrogen-bond acceptors (Lipinski definition) is 5. The van der Waals surface area contributed by atoms with Crippen LogP contribution in [0, 0.1) is 17.1 Å². The molecule has 6 nitrogen and oxygen atoms in total. The monoisotopic (exact) mass is 352 g/mol. The van der Waals surface area contributed by atoms with Crippen molar-refractivity contribution in [3.8, 4) is 17.7 Å². The Hall–Kier alpha value is -3.53. The lowest BCUT2D eigenvalue weighted by molar-refractivity contribution is 0.281. The van der Waals surface area contributed by atoms with Crippen molar-refractivity contribution in [2.75, 3.05) is 12.8 Å². The number of ether oxygens (including phenoxy) is 2. The summed E-state index contributed by atoms with van der Waals surface area (Å²) < 4.78 is 25.7. The van der Waals surface area contributed by atoms with Gasteiger partial charge in [-0.3, -0.25) is 0 Å². The topological polar surface area (TPSA) is 86.1 Å². The molecule has 0 unspecified atom stereocenters. The van der Waals surface area contributed by atoms with Crippen molar-refractivity contribution < 1.29 is 13.9 Å². The van der Waals surface area contributed by atoms with Gasteiger partial charge < -0.3 is 15.2 Å². The van der Waals surface area contributed by atoms with E-state index in [4.69, 9.17) is 15.2 Å². The zero-order valence-corrected chi connectivity index (χ0v) is 14.1. The second-order valence-corrected chi connectivity index (χ2v) is 5.57. The van der Waals surface area contributed by atoms with Crippen molar-refractivity contribution in [3.05, 3.63) is 71.0 Å². The van der Waals surface area contributed by atoms with Gasteiger partial charge in [0.05, 0.1) is 13.7 Å².